The molecule has 2 aromatic rings. The van der Waals surface area contributed by atoms with Crippen molar-refractivity contribution >= 4 is 21.8 Å². The summed E-state index contributed by atoms with van der Waals surface area (Å²) in [5.41, 5.74) is -0.466. The van der Waals surface area contributed by atoms with Crippen LogP contribution in [0.4, 0.5) is 5.82 Å². The van der Waals surface area contributed by atoms with Crippen molar-refractivity contribution in [1.29, 1.82) is 0 Å². The lowest BCUT2D eigenvalue weighted by molar-refractivity contribution is 0.0686. The molecular formula is C8H8N4O5S. The van der Waals surface area contributed by atoms with Gasteiger partial charge in [-0.2, -0.15) is 5.10 Å². The number of rotatable bonds is 4. The van der Waals surface area contributed by atoms with Crippen molar-refractivity contribution in [3.8, 4) is 0 Å². The van der Waals surface area contributed by atoms with Crippen molar-refractivity contribution in [2.75, 3.05) is 4.72 Å². The fourth-order valence-electron chi connectivity index (χ4n) is 1.35. The SMILES string of the molecule is Cc1[nH]nc(C(=O)O)c1S(=O)(=O)Nc1ccon1. The molecule has 9 nitrogen and oxygen atoms in total. The normalized spacial score (nSPS) is 11.4. The minimum Gasteiger partial charge on any atom is -0.476 e. The van der Waals surface area contributed by atoms with Crippen molar-refractivity contribution < 1.29 is 22.8 Å². The highest BCUT2D eigenvalue weighted by atomic mass is 32.2. The van der Waals surface area contributed by atoms with E-state index >= 15 is 0 Å². The first-order chi connectivity index (χ1) is 8.42. The molecule has 0 amide bonds. The van der Waals surface area contributed by atoms with Crippen LogP contribution < -0.4 is 4.72 Å². The number of hydrogen-bond acceptors (Lipinski definition) is 6. The van der Waals surface area contributed by atoms with Gasteiger partial charge in [-0.1, -0.05) is 5.16 Å². The topological polar surface area (TPSA) is 138 Å². The third-order valence-electron chi connectivity index (χ3n) is 2.04. The van der Waals surface area contributed by atoms with Crippen LogP contribution in [0.1, 0.15) is 16.2 Å². The Bertz CT molecular complexity index is 672. The molecule has 10 heteroatoms. The molecule has 0 atom stereocenters. The van der Waals surface area contributed by atoms with Gasteiger partial charge in [0.1, 0.15) is 11.2 Å². The van der Waals surface area contributed by atoms with E-state index in [1.807, 2.05) is 0 Å². The predicted octanol–water partition coefficient (Wildman–Crippen LogP) is 0.205. The number of nitrogens with one attached hydrogen (secondary N) is 2. The minimum absolute atomic E-state index is 0.0491. The quantitative estimate of drug-likeness (QED) is 0.722. The molecule has 0 aromatic carbocycles. The summed E-state index contributed by atoms with van der Waals surface area (Å²) in [6, 6.07) is 1.29. The second-order valence-corrected chi connectivity index (χ2v) is 4.94. The molecule has 0 saturated heterocycles. The standard InChI is InChI=1S/C8H8N4O5S/c1-4-7(6(8(13)14)10-9-4)18(15,16)12-5-2-3-17-11-5/h2-3H,1H3,(H,9,10)(H,11,12)(H,13,14). The lowest BCUT2D eigenvalue weighted by Crippen LogP contribution is -2.17. The Morgan fingerprint density at radius 1 is 1.56 bits per heavy atom. The minimum atomic E-state index is -4.09. The molecule has 2 heterocycles. The molecule has 2 rings (SSSR count). The number of nitrogens with zero attached hydrogens (tertiary/aromatic N) is 2. The van der Waals surface area contributed by atoms with Gasteiger partial charge in [0.05, 0.1) is 5.69 Å². The van der Waals surface area contributed by atoms with E-state index in [0.717, 1.165) is 0 Å². The van der Waals surface area contributed by atoms with E-state index in [2.05, 4.69) is 24.6 Å². The maximum Gasteiger partial charge on any atom is 0.357 e. The summed E-state index contributed by atoms with van der Waals surface area (Å²) in [7, 11) is -4.09. The highest BCUT2D eigenvalue weighted by Crippen LogP contribution is 2.20. The van der Waals surface area contributed by atoms with Gasteiger partial charge in [-0.25, -0.2) is 13.2 Å². The van der Waals surface area contributed by atoms with Crippen LogP contribution >= 0.6 is 0 Å². The average molecular weight is 272 g/mol. The van der Waals surface area contributed by atoms with Crippen molar-refractivity contribution in [3.63, 3.8) is 0 Å². The number of anilines is 1. The largest absolute Gasteiger partial charge is 0.476 e. The van der Waals surface area contributed by atoms with Crippen LogP contribution in [0.15, 0.2) is 21.7 Å². The number of carboxylic acid groups (broad SMARTS) is 1. The number of H-pyrrole nitrogens is 1. The third-order valence-corrected chi connectivity index (χ3v) is 3.55. The summed E-state index contributed by atoms with van der Waals surface area (Å²) in [5.74, 6) is -1.49. The van der Waals surface area contributed by atoms with Gasteiger partial charge >= 0.3 is 5.97 Å². The van der Waals surface area contributed by atoms with E-state index < -0.39 is 26.6 Å². The first kappa shape index (κ1) is 12.1. The summed E-state index contributed by atoms with van der Waals surface area (Å²) in [5, 5.41) is 18.0. The van der Waals surface area contributed by atoms with Gasteiger partial charge in [0.15, 0.2) is 11.5 Å². The molecule has 0 aliphatic carbocycles. The van der Waals surface area contributed by atoms with Crippen LogP contribution in [0.3, 0.4) is 0 Å². The molecule has 0 radical (unpaired) electrons. The average Bonchev–Trinajstić information content (AvgIpc) is 2.86. The maximum atomic E-state index is 12.0. The molecule has 0 aliphatic rings. The lowest BCUT2D eigenvalue weighted by Gasteiger charge is -2.04. The number of sulfonamides is 1. The van der Waals surface area contributed by atoms with Crippen molar-refractivity contribution in [3.05, 3.63) is 23.7 Å². The zero-order valence-electron chi connectivity index (χ0n) is 9.04. The highest BCUT2D eigenvalue weighted by molar-refractivity contribution is 7.92. The van der Waals surface area contributed by atoms with Crippen LogP contribution in [0.2, 0.25) is 0 Å². The monoisotopic (exact) mass is 272 g/mol. The molecular weight excluding hydrogens is 264 g/mol. The van der Waals surface area contributed by atoms with E-state index in [-0.39, 0.29) is 11.5 Å². The fraction of sp³-hybridized carbons (Fsp3) is 0.125. The van der Waals surface area contributed by atoms with Crippen molar-refractivity contribution in [2.24, 2.45) is 0 Å². The Balaban J connectivity index is 2.47. The first-order valence-corrected chi connectivity index (χ1v) is 6.11. The highest BCUT2D eigenvalue weighted by Gasteiger charge is 2.28. The number of aromatic carboxylic acids is 1. The van der Waals surface area contributed by atoms with Gasteiger partial charge < -0.3 is 9.63 Å². The second kappa shape index (κ2) is 4.14. The molecule has 96 valence electrons. The number of carbonyl (C=O) groups is 1. The molecule has 0 bridgehead atoms. The Kier molecular flexibility index (Phi) is 2.79. The molecule has 0 saturated carbocycles. The van der Waals surface area contributed by atoms with Crippen LogP contribution in [0.5, 0.6) is 0 Å². The van der Waals surface area contributed by atoms with Crippen LogP contribution in [-0.4, -0.2) is 34.8 Å². The smallest absolute Gasteiger partial charge is 0.357 e. The van der Waals surface area contributed by atoms with Gasteiger partial charge in [-0.05, 0) is 6.92 Å². The van der Waals surface area contributed by atoms with Crippen LogP contribution in [0.25, 0.3) is 0 Å². The Morgan fingerprint density at radius 2 is 2.28 bits per heavy atom. The summed E-state index contributed by atoms with van der Waals surface area (Å²) in [6.07, 6.45) is 1.18. The number of carboxylic acids is 1. The zero-order chi connectivity index (χ0) is 13.3. The molecule has 0 fully saturated rings. The Hall–Kier alpha value is -2.36. The van der Waals surface area contributed by atoms with Gasteiger partial charge in [0, 0.05) is 6.07 Å². The maximum absolute atomic E-state index is 12.0. The van der Waals surface area contributed by atoms with Crippen LogP contribution in [-0.2, 0) is 10.0 Å². The number of hydrogen-bond donors (Lipinski definition) is 3. The molecule has 3 N–H and O–H groups in total. The van der Waals surface area contributed by atoms with Gasteiger partial charge in [-0.3, -0.25) is 9.82 Å². The summed E-state index contributed by atoms with van der Waals surface area (Å²) in [6.45, 7) is 1.40. The lowest BCUT2D eigenvalue weighted by atomic mass is 10.4. The third kappa shape index (κ3) is 2.05. The molecule has 0 unspecified atom stereocenters. The van der Waals surface area contributed by atoms with Gasteiger partial charge in [0.25, 0.3) is 10.0 Å². The summed E-state index contributed by atoms with van der Waals surface area (Å²) < 4.78 is 30.5. The number of aryl methyl sites for hydroxylation is 1. The number of aromatic amines is 1. The van der Waals surface area contributed by atoms with E-state index in [0.29, 0.717) is 0 Å². The van der Waals surface area contributed by atoms with Crippen molar-refractivity contribution in [1.82, 2.24) is 15.4 Å². The van der Waals surface area contributed by atoms with E-state index in [1.165, 1.54) is 19.3 Å². The molecule has 0 aliphatic heterocycles. The zero-order valence-corrected chi connectivity index (χ0v) is 9.85. The molecule has 18 heavy (non-hydrogen) atoms. The Morgan fingerprint density at radius 3 is 2.83 bits per heavy atom. The number of aromatic nitrogens is 3. The second-order valence-electron chi connectivity index (χ2n) is 3.32. The Labute approximate surface area is 101 Å². The molecule has 0 spiro atoms. The van der Waals surface area contributed by atoms with E-state index in [4.69, 9.17) is 5.11 Å². The predicted molar refractivity (Wildman–Crippen MR) is 57.6 cm³/mol. The fourth-order valence-corrected chi connectivity index (χ4v) is 2.67. The van der Waals surface area contributed by atoms with E-state index in [1.54, 1.807) is 0 Å². The summed E-state index contributed by atoms with van der Waals surface area (Å²) >= 11 is 0. The van der Waals surface area contributed by atoms with Gasteiger partial charge in [-0.15, -0.1) is 0 Å². The van der Waals surface area contributed by atoms with E-state index in [9.17, 15) is 13.2 Å². The van der Waals surface area contributed by atoms with Gasteiger partial charge in [0.2, 0.25) is 0 Å². The summed E-state index contributed by atoms with van der Waals surface area (Å²) in [4.78, 5) is 10.4. The van der Waals surface area contributed by atoms with Crippen molar-refractivity contribution in [2.45, 2.75) is 11.8 Å². The van der Waals surface area contributed by atoms with Crippen LogP contribution in [0, 0.1) is 6.92 Å². The molecule has 2 aromatic heterocycles. The first-order valence-electron chi connectivity index (χ1n) is 4.63.